The number of amides is 2. The number of nitrogens with two attached hydrogens (primary N) is 3. The molecular weight excluding hydrogens is 806 g/mol. The van der Waals surface area contributed by atoms with Gasteiger partial charge in [-0.05, 0) is 131 Å². The van der Waals surface area contributed by atoms with Crippen LogP contribution >= 0.6 is 23.1 Å². The molecule has 19 heteroatoms. The van der Waals surface area contributed by atoms with Crippen molar-refractivity contribution >= 4 is 73.9 Å². The summed E-state index contributed by atoms with van der Waals surface area (Å²) >= 11 is 2.55. The van der Waals surface area contributed by atoms with Gasteiger partial charge in [0.2, 0.25) is 0 Å². The number of benzene rings is 1. The summed E-state index contributed by atoms with van der Waals surface area (Å²) in [5, 5.41) is 7.73. The second-order valence-electron chi connectivity index (χ2n) is 15.7. The molecule has 6 heterocycles. The molecule has 316 valence electrons. The molecule has 2 aliphatic heterocycles. The fourth-order valence-electron chi connectivity index (χ4n) is 7.74. The molecule has 1 saturated carbocycles. The molecule has 8 N–H and O–H groups in total. The average molecular weight is 856 g/mol. The number of aromatic nitrogens is 6. The summed E-state index contributed by atoms with van der Waals surface area (Å²) in [7, 11) is 0. The second-order valence-corrected chi connectivity index (χ2v) is 17.3. The lowest BCUT2D eigenvalue weighted by molar-refractivity contribution is 0.0940. The Morgan fingerprint density at radius 3 is 1.80 bits per heavy atom. The van der Waals surface area contributed by atoms with Crippen molar-refractivity contribution in [3.63, 3.8) is 0 Å². The minimum absolute atomic E-state index is 0.0243. The molecule has 3 aliphatic rings. The van der Waals surface area contributed by atoms with E-state index in [0.717, 1.165) is 78.6 Å². The van der Waals surface area contributed by atoms with E-state index in [0.29, 0.717) is 23.4 Å². The molecule has 4 aromatic heterocycles. The number of hydrogen-bond donors (Lipinski definition) is 5. The molecule has 0 unspecified atom stereocenters. The summed E-state index contributed by atoms with van der Waals surface area (Å²) in [4.78, 5) is 58.6. The summed E-state index contributed by atoms with van der Waals surface area (Å²) < 4.78 is 23.2. The number of carbonyl (C=O) groups is 3. The summed E-state index contributed by atoms with van der Waals surface area (Å²) in [5.41, 5.74) is 20.2. The molecule has 60 heavy (non-hydrogen) atoms. The van der Waals surface area contributed by atoms with Gasteiger partial charge in [-0.2, -0.15) is 8.75 Å². The van der Waals surface area contributed by atoms with Crippen LogP contribution < -0.4 is 37.6 Å². The Labute approximate surface area is 355 Å². The number of rotatable bonds is 12. The number of Topliss-reactive ketones (excluding diaryl/α,β-unsaturated/α-hetero) is 1. The number of nitrogens with one attached hydrogen (secondary N) is 2. The first-order valence-corrected chi connectivity index (χ1v) is 21.7. The molecule has 1 aromatic carbocycles. The normalized spacial score (nSPS) is 20.2. The number of hydrogen-bond acceptors (Lipinski definition) is 16. The van der Waals surface area contributed by atoms with Crippen molar-refractivity contribution in [1.82, 2.24) is 28.7 Å². The van der Waals surface area contributed by atoms with Gasteiger partial charge in [0, 0.05) is 37.6 Å². The number of ketones is 1. The van der Waals surface area contributed by atoms with Crippen molar-refractivity contribution in [2.75, 3.05) is 33.5 Å². The van der Waals surface area contributed by atoms with E-state index in [1.807, 2.05) is 39.0 Å². The maximum Gasteiger partial charge on any atom is 0.271 e. The smallest absolute Gasteiger partial charge is 0.271 e. The maximum atomic E-state index is 14.7. The van der Waals surface area contributed by atoms with Gasteiger partial charge in [-0.1, -0.05) is 6.07 Å². The quantitative estimate of drug-likeness (QED) is 0.0857. The van der Waals surface area contributed by atoms with E-state index in [-0.39, 0.29) is 59.0 Å². The van der Waals surface area contributed by atoms with Crippen LogP contribution in [0.1, 0.15) is 113 Å². The van der Waals surface area contributed by atoms with Gasteiger partial charge in [0.05, 0.1) is 29.3 Å². The van der Waals surface area contributed by atoms with Gasteiger partial charge in [-0.25, -0.2) is 24.3 Å². The van der Waals surface area contributed by atoms with Crippen LogP contribution in [-0.4, -0.2) is 77.5 Å². The van der Waals surface area contributed by atoms with Gasteiger partial charge in [0.15, 0.2) is 28.8 Å². The van der Waals surface area contributed by atoms with Crippen molar-refractivity contribution in [1.29, 1.82) is 0 Å². The van der Waals surface area contributed by atoms with Crippen LogP contribution in [0.4, 0.5) is 37.7 Å². The van der Waals surface area contributed by atoms with Crippen LogP contribution in [0.15, 0.2) is 42.7 Å². The Kier molecular flexibility index (Phi) is 13.0. The van der Waals surface area contributed by atoms with Gasteiger partial charge in [0.1, 0.15) is 27.5 Å². The van der Waals surface area contributed by atoms with Crippen molar-refractivity contribution < 1.29 is 18.8 Å². The highest BCUT2D eigenvalue weighted by molar-refractivity contribution is 7.10. The highest BCUT2D eigenvalue weighted by Crippen LogP contribution is 2.41. The molecule has 2 saturated heterocycles. The number of anilines is 6. The Morgan fingerprint density at radius 1 is 0.783 bits per heavy atom. The first-order chi connectivity index (χ1) is 28.7. The second kappa shape index (κ2) is 18.3. The van der Waals surface area contributed by atoms with Crippen LogP contribution in [0, 0.1) is 25.6 Å². The van der Waals surface area contributed by atoms with Crippen LogP contribution in [0.5, 0.6) is 0 Å². The van der Waals surface area contributed by atoms with Crippen LogP contribution in [0.25, 0.3) is 0 Å². The Morgan fingerprint density at radius 2 is 1.32 bits per heavy atom. The van der Waals surface area contributed by atoms with Gasteiger partial charge >= 0.3 is 0 Å². The third kappa shape index (κ3) is 9.85. The van der Waals surface area contributed by atoms with Gasteiger partial charge < -0.3 is 37.6 Å². The first-order valence-electron chi connectivity index (χ1n) is 20.1. The lowest BCUT2D eigenvalue weighted by atomic mass is 9.84. The molecule has 0 bridgehead atoms. The van der Waals surface area contributed by atoms with Crippen LogP contribution in [-0.2, 0) is 0 Å². The molecule has 2 amide bonds. The third-order valence-electron chi connectivity index (χ3n) is 11.3. The fraction of sp³-hybridized carbons (Fsp3) is 0.439. The van der Waals surface area contributed by atoms with Crippen molar-refractivity contribution in [3.8, 4) is 0 Å². The first kappa shape index (κ1) is 42.5. The van der Waals surface area contributed by atoms with Crippen molar-refractivity contribution in [2.45, 2.75) is 96.7 Å². The van der Waals surface area contributed by atoms with E-state index in [9.17, 15) is 18.8 Å². The third-order valence-corrected chi connectivity index (χ3v) is 12.9. The van der Waals surface area contributed by atoms with Crippen LogP contribution in [0.3, 0.4) is 0 Å². The Bertz CT molecular complexity index is 2370. The SMILES string of the molecule is Cc1cc(Nc2nc(N3CCC[C@@H](CC(=O)c4ccc(C5CC5)cc4F)[C@H]3C)cnc2C(N)=O)sn1.Cc1cc(Nc2nc(N3CCC[C@@H](N)[C@H]3C)cnc2C(N)=O)sn1. The lowest BCUT2D eigenvalue weighted by Crippen LogP contribution is -2.50. The zero-order chi connectivity index (χ0) is 42.7. The highest BCUT2D eigenvalue weighted by Gasteiger charge is 2.33. The van der Waals surface area contributed by atoms with Crippen molar-refractivity contribution in [3.05, 3.63) is 82.4 Å². The zero-order valence-electron chi connectivity index (χ0n) is 34.0. The lowest BCUT2D eigenvalue weighted by Gasteiger charge is -2.40. The van der Waals surface area contributed by atoms with E-state index in [1.54, 1.807) is 18.5 Å². The molecule has 16 nitrogen and oxygen atoms in total. The number of aryl methyl sites for hydroxylation is 2. The number of nitrogens with zero attached hydrogens (tertiary/aromatic N) is 8. The van der Waals surface area contributed by atoms with E-state index in [4.69, 9.17) is 17.2 Å². The van der Waals surface area contributed by atoms with Gasteiger partial charge in [0.25, 0.3) is 11.8 Å². The minimum atomic E-state index is -0.678. The zero-order valence-corrected chi connectivity index (χ0v) is 35.7. The summed E-state index contributed by atoms with van der Waals surface area (Å²) in [6.07, 6.45) is 9.29. The topological polar surface area (TPSA) is 237 Å². The highest BCUT2D eigenvalue weighted by atomic mass is 32.1. The summed E-state index contributed by atoms with van der Waals surface area (Å²) in [6.45, 7) is 9.50. The van der Waals surface area contributed by atoms with E-state index in [1.165, 1.54) is 29.1 Å². The van der Waals surface area contributed by atoms with E-state index >= 15 is 0 Å². The Balaban J connectivity index is 0.000000197. The molecule has 0 spiro atoms. The van der Waals surface area contributed by atoms with Crippen LogP contribution in [0.2, 0.25) is 0 Å². The number of primary amides is 2. The Hall–Kier alpha value is -5.66. The maximum absolute atomic E-state index is 14.7. The van der Waals surface area contributed by atoms with Gasteiger partial charge in [-0.3, -0.25) is 14.4 Å². The molecule has 1 aliphatic carbocycles. The van der Waals surface area contributed by atoms with Crippen molar-refractivity contribution in [2.24, 2.45) is 23.1 Å². The molecule has 3 fully saturated rings. The molecule has 5 aromatic rings. The number of piperidine rings is 2. The van der Waals surface area contributed by atoms with E-state index in [2.05, 4.69) is 56.0 Å². The molecule has 4 atom stereocenters. The van der Waals surface area contributed by atoms with Gasteiger partial charge in [-0.15, -0.1) is 0 Å². The summed E-state index contributed by atoms with van der Waals surface area (Å²) in [6, 6.07) is 9.01. The molecule has 0 radical (unpaired) electrons. The molecular formula is C41H50FN13O3S2. The largest absolute Gasteiger partial charge is 0.364 e. The number of halogens is 1. The monoisotopic (exact) mass is 855 g/mol. The summed E-state index contributed by atoms with van der Waals surface area (Å²) in [5.74, 6) is 0.466. The predicted octanol–water partition coefficient (Wildman–Crippen LogP) is 6.38. The average Bonchev–Trinajstić information content (AvgIpc) is 3.87. The standard InChI is InChI=1S/C26H29FN6O2S.C15H21N7OS/c1-14-10-23(36-32-14)31-26-24(25(28)35)29-13-22(30-26)33-9-3-4-17(15(33)2)12-21(34)19-8-7-18(11-20(19)27)16-5-6-16;1-8-6-12(24-21-8)20-15-13(14(17)23)18-7-11(19-15)22-5-3-4-10(16)9(22)2/h7-8,10-11,13,15-17H,3-6,9,12H2,1-2H3,(H2,28,35)(H,30,31);6-7,9-10H,3-5,16H2,1-2H3,(H2,17,23)(H,19,20)/t15-,17+;9-,10-/m11/s1. The predicted molar refractivity (Wildman–Crippen MR) is 232 cm³/mol. The fourth-order valence-corrected chi connectivity index (χ4v) is 9.06. The van der Waals surface area contributed by atoms with E-state index < -0.39 is 17.6 Å². The minimum Gasteiger partial charge on any atom is -0.364 e. The molecule has 8 rings (SSSR count). The number of carbonyl (C=O) groups excluding carboxylic acids is 3.